The van der Waals surface area contributed by atoms with Crippen LogP contribution in [0.25, 0.3) is 0 Å². The normalized spacial score (nSPS) is 11.8. The molecule has 0 heterocycles. The Morgan fingerprint density at radius 3 is 2.24 bits per heavy atom. The predicted molar refractivity (Wildman–Crippen MR) is 74.4 cm³/mol. The molecule has 1 aromatic carbocycles. The van der Waals surface area contributed by atoms with E-state index in [0.29, 0.717) is 11.8 Å². The zero-order valence-corrected chi connectivity index (χ0v) is 12.6. The molecule has 0 saturated heterocycles. The Kier molecular flexibility index (Phi) is 5.39. The van der Waals surface area contributed by atoms with Crippen LogP contribution in [0.15, 0.2) is 12.1 Å². The summed E-state index contributed by atoms with van der Waals surface area (Å²) in [5.74, 6) is 0. The van der Waals surface area contributed by atoms with Crippen molar-refractivity contribution in [3.05, 3.63) is 28.8 Å². The van der Waals surface area contributed by atoms with Gasteiger partial charge >= 0.3 is 7.60 Å². The first-order chi connectivity index (χ1) is 7.95. The van der Waals surface area contributed by atoms with Gasteiger partial charge in [-0.2, -0.15) is 0 Å². The molecule has 0 bridgehead atoms. The molecule has 5 heteroatoms. The van der Waals surface area contributed by atoms with Crippen molar-refractivity contribution in [3.63, 3.8) is 0 Å². The molecule has 17 heavy (non-hydrogen) atoms. The molecule has 0 atom stereocenters. The maximum Gasteiger partial charge on any atom is 0.356 e. The number of hydrogen-bond acceptors (Lipinski definition) is 1. The third kappa shape index (κ3) is 3.41. The lowest BCUT2D eigenvalue weighted by molar-refractivity contribution is 0.387. The molecule has 96 valence electrons. The van der Waals surface area contributed by atoms with Crippen molar-refractivity contribution in [2.24, 2.45) is 0 Å². The molecule has 0 saturated carbocycles. The fraction of sp³-hybridized carbons (Fsp3) is 0.500. The lowest BCUT2D eigenvalue weighted by Gasteiger charge is -2.17. The highest BCUT2D eigenvalue weighted by Crippen LogP contribution is 2.36. The molecule has 2 N–H and O–H groups in total. The Hall–Kier alpha value is -0.150. The van der Waals surface area contributed by atoms with Crippen LogP contribution in [0.4, 0.5) is 0 Å². The van der Waals surface area contributed by atoms with Gasteiger partial charge in [-0.25, -0.2) is 0 Å². The fourth-order valence-corrected chi connectivity index (χ4v) is 3.41. The summed E-state index contributed by atoms with van der Waals surface area (Å²) in [5.41, 5.74) is 3.09. The van der Waals surface area contributed by atoms with Gasteiger partial charge in [-0.15, -0.1) is 0 Å². The Bertz CT molecular complexity index is 440. The minimum atomic E-state index is -4.18. The number of rotatable bonds is 5. The van der Waals surface area contributed by atoms with Crippen molar-refractivity contribution in [2.75, 3.05) is 5.33 Å². The summed E-state index contributed by atoms with van der Waals surface area (Å²) < 4.78 is 11.5. The van der Waals surface area contributed by atoms with Crippen molar-refractivity contribution >= 4 is 28.8 Å². The van der Waals surface area contributed by atoms with Gasteiger partial charge in [0.25, 0.3) is 0 Å². The summed E-state index contributed by atoms with van der Waals surface area (Å²) in [4.78, 5) is 18.8. The molecular formula is C12H18BrO3P. The lowest BCUT2D eigenvalue weighted by atomic mass is 9.96. The molecule has 0 fully saturated rings. The summed E-state index contributed by atoms with van der Waals surface area (Å²) in [5, 5.41) is 0.895. The van der Waals surface area contributed by atoms with E-state index >= 15 is 0 Å². The Morgan fingerprint density at radius 1 is 1.18 bits per heavy atom. The van der Waals surface area contributed by atoms with Gasteiger partial charge in [-0.3, -0.25) is 4.57 Å². The van der Waals surface area contributed by atoms with E-state index in [9.17, 15) is 14.4 Å². The summed E-state index contributed by atoms with van der Waals surface area (Å²) >= 11 is 3.34. The largest absolute Gasteiger partial charge is 0.356 e. The first-order valence-electron chi connectivity index (χ1n) is 5.71. The highest BCUT2D eigenvalue weighted by molar-refractivity contribution is 9.09. The van der Waals surface area contributed by atoms with Gasteiger partial charge in [0.2, 0.25) is 0 Å². The highest BCUT2D eigenvalue weighted by atomic mass is 79.9. The third-order valence-electron chi connectivity index (χ3n) is 2.90. The predicted octanol–water partition coefficient (Wildman–Crippen LogP) is 2.55. The Balaban J connectivity index is 3.47. The molecule has 0 spiro atoms. The summed E-state index contributed by atoms with van der Waals surface area (Å²) in [6, 6.07) is 3.42. The Labute approximate surface area is 111 Å². The van der Waals surface area contributed by atoms with Crippen molar-refractivity contribution < 1.29 is 14.4 Å². The summed E-state index contributed by atoms with van der Waals surface area (Å²) in [6.45, 7) is 4.08. The SMILES string of the molecule is CCc1ccc(P(=O)(O)O)c(CCBr)c1CC. The van der Waals surface area contributed by atoms with Crippen molar-refractivity contribution in [1.29, 1.82) is 0 Å². The van der Waals surface area contributed by atoms with E-state index in [0.717, 1.165) is 24.0 Å². The maximum atomic E-state index is 11.5. The van der Waals surface area contributed by atoms with Gasteiger partial charge in [0.05, 0.1) is 5.30 Å². The minimum Gasteiger partial charge on any atom is -0.321 e. The van der Waals surface area contributed by atoms with Gasteiger partial charge < -0.3 is 9.79 Å². The van der Waals surface area contributed by atoms with Crippen LogP contribution >= 0.6 is 23.5 Å². The van der Waals surface area contributed by atoms with Crippen LogP contribution in [0.5, 0.6) is 0 Å². The Morgan fingerprint density at radius 2 is 1.82 bits per heavy atom. The molecule has 0 aliphatic heterocycles. The van der Waals surface area contributed by atoms with Crippen LogP contribution in [0.3, 0.4) is 0 Å². The van der Waals surface area contributed by atoms with Crippen molar-refractivity contribution in [1.82, 2.24) is 0 Å². The number of hydrogen-bond donors (Lipinski definition) is 2. The third-order valence-corrected chi connectivity index (χ3v) is 4.34. The van der Waals surface area contributed by atoms with Crippen LogP contribution in [-0.2, 0) is 23.8 Å². The van der Waals surface area contributed by atoms with E-state index in [-0.39, 0.29) is 5.30 Å². The molecule has 0 unspecified atom stereocenters. The van der Waals surface area contributed by atoms with E-state index in [1.54, 1.807) is 6.07 Å². The molecule has 3 nitrogen and oxygen atoms in total. The zero-order valence-electron chi connectivity index (χ0n) is 10.1. The second kappa shape index (κ2) is 6.14. The van der Waals surface area contributed by atoms with Gasteiger partial charge in [-0.05, 0) is 42.0 Å². The molecule has 0 aliphatic rings. The van der Waals surface area contributed by atoms with Crippen LogP contribution < -0.4 is 5.30 Å². The average molecular weight is 321 g/mol. The monoisotopic (exact) mass is 320 g/mol. The van der Waals surface area contributed by atoms with Gasteiger partial charge in [0, 0.05) is 5.33 Å². The molecule has 1 aromatic rings. The number of aryl methyl sites for hydroxylation is 1. The lowest BCUT2D eigenvalue weighted by Crippen LogP contribution is -2.16. The topological polar surface area (TPSA) is 57.5 Å². The average Bonchev–Trinajstić information content (AvgIpc) is 2.27. The second-order valence-electron chi connectivity index (χ2n) is 3.89. The van der Waals surface area contributed by atoms with Crippen molar-refractivity contribution in [3.8, 4) is 0 Å². The first-order valence-corrected chi connectivity index (χ1v) is 8.44. The highest BCUT2D eigenvalue weighted by Gasteiger charge is 2.23. The molecule has 0 aliphatic carbocycles. The molecule has 1 rings (SSSR count). The summed E-state index contributed by atoms with van der Waals surface area (Å²) in [6.07, 6.45) is 2.34. The van der Waals surface area contributed by atoms with Crippen LogP contribution in [-0.4, -0.2) is 15.1 Å². The fourth-order valence-electron chi connectivity index (χ4n) is 2.15. The molecule has 0 amide bonds. The smallest absolute Gasteiger partial charge is 0.321 e. The van der Waals surface area contributed by atoms with E-state index < -0.39 is 7.60 Å². The van der Waals surface area contributed by atoms with Crippen LogP contribution in [0.2, 0.25) is 0 Å². The van der Waals surface area contributed by atoms with E-state index in [2.05, 4.69) is 22.9 Å². The maximum absolute atomic E-state index is 11.5. The second-order valence-corrected chi connectivity index (χ2v) is 6.25. The number of alkyl halides is 1. The van der Waals surface area contributed by atoms with E-state index in [1.807, 2.05) is 13.0 Å². The summed E-state index contributed by atoms with van der Waals surface area (Å²) in [7, 11) is -4.18. The van der Waals surface area contributed by atoms with Crippen LogP contribution in [0.1, 0.15) is 30.5 Å². The van der Waals surface area contributed by atoms with Gasteiger partial charge in [0.1, 0.15) is 0 Å². The van der Waals surface area contributed by atoms with Crippen LogP contribution in [0, 0.1) is 0 Å². The zero-order chi connectivity index (χ0) is 13.1. The van der Waals surface area contributed by atoms with E-state index in [1.165, 1.54) is 5.56 Å². The van der Waals surface area contributed by atoms with Gasteiger partial charge in [-0.1, -0.05) is 35.8 Å². The standard InChI is InChI=1S/C12H18BrO3P/c1-3-9-5-6-12(17(14,15)16)11(7-8-13)10(9)4-2/h5-6H,3-4,7-8H2,1-2H3,(H2,14,15,16). The molecular weight excluding hydrogens is 303 g/mol. The van der Waals surface area contributed by atoms with Gasteiger partial charge in [0.15, 0.2) is 0 Å². The molecule has 0 aromatic heterocycles. The first kappa shape index (κ1) is 14.9. The number of halogens is 1. The van der Waals surface area contributed by atoms with Crippen molar-refractivity contribution in [2.45, 2.75) is 33.1 Å². The quantitative estimate of drug-likeness (QED) is 0.647. The number of benzene rings is 1. The minimum absolute atomic E-state index is 0.186. The van der Waals surface area contributed by atoms with E-state index in [4.69, 9.17) is 0 Å². The molecule has 0 radical (unpaired) electrons.